The Balaban J connectivity index is 3.57. The summed E-state index contributed by atoms with van der Waals surface area (Å²) in [6, 6.07) is 1.77. The van der Waals surface area contributed by atoms with Crippen LogP contribution < -0.4 is 5.32 Å². The number of hydrogen-bond acceptors (Lipinski definition) is 2. The topological polar surface area (TPSA) is 46.2 Å². The quantitative estimate of drug-likeness (QED) is 0.435. The summed E-state index contributed by atoms with van der Waals surface area (Å²) in [5.41, 5.74) is 0.884. The van der Waals surface area contributed by atoms with Gasteiger partial charge in [-0.25, -0.2) is 0 Å². The number of amides is 1. The molecule has 0 radical (unpaired) electrons. The molecule has 1 aromatic carbocycles. The maximum absolute atomic E-state index is 11.7. The van der Waals surface area contributed by atoms with Crippen molar-refractivity contribution in [1.82, 2.24) is 5.32 Å². The van der Waals surface area contributed by atoms with Gasteiger partial charge in [0.05, 0.1) is 11.1 Å². The van der Waals surface area contributed by atoms with Gasteiger partial charge < -0.3 is 5.32 Å². The van der Waals surface area contributed by atoms with E-state index in [0.29, 0.717) is 14.7 Å². The van der Waals surface area contributed by atoms with Gasteiger partial charge in [-0.3, -0.25) is 9.59 Å². The average molecular weight is 575 g/mol. The van der Waals surface area contributed by atoms with Gasteiger partial charge in [0.2, 0.25) is 0 Å². The molecule has 3 nitrogen and oxygen atoms in total. The van der Waals surface area contributed by atoms with Gasteiger partial charge in [0, 0.05) is 17.8 Å². The van der Waals surface area contributed by atoms with Crippen molar-refractivity contribution in [2.75, 3.05) is 7.05 Å². The van der Waals surface area contributed by atoms with Crippen molar-refractivity contribution in [3.05, 3.63) is 27.9 Å². The molecule has 86 valence electrons. The summed E-state index contributed by atoms with van der Waals surface area (Å²) >= 11 is 11.6. The molecule has 0 fully saturated rings. The van der Waals surface area contributed by atoms with Crippen molar-refractivity contribution < 1.29 is 9.59 Å². The lowest BCUT2D eigenvalue weighted by molar-refractivity contribution is 0.0961. The summed E-state index contributed by atoms with van der Waals surface area (Å²) in [6.07, 6.45) is 0. The van der Waals surface area contributed by atoms with Crippen molar-refractivity contribution in [2.24, 2.45) is 0 Å². The number of rotatable bonds is 2. The van der Waals surface area contributed by atoms with Crippen LogP contribution in [-0.4, -0.2) is 18.2 Å². The smallest absolute Gasteiger partial charge is 0.254 e. The monoisotopic (exact) mass is 575 g/mol. The van der Waals surface area contributed by atoms with Crippen LogP contribution in [-0.2, 0) is 0 Å². The van der Waals surface area contributed by atoms with Crippen molar-refractivity contribution in [2.45, 2.75) is 0 Å². The Morgan fingerprint density at radius 3 is 2.12 bits per heavy atom. The maximum Gasteiger partial charge on any atom is 0.254 e. The van der Waals surface area contributed by atoms with Crippen molar-refractivity contribution in [3.63, 3.8) is 0 Å². The molecule has 7 heteroatoms. The van der Waals surface area contributed by atoms with E-state index >= 15 is 0 Å². The third-order valence-corrected chi connectivity index (χ3v) is 4.79. The molecule has 1 amide bonds. The second-order valence-corrected chi connectivity index (χ2v) is 6.50. The highest BCUT2D eigenvalue weighted by Gasteiger charge is 2.21. The lowest BCUT2D eigenvalue weighted by atomic mass is 10.1. The summed E-state index contributed by atoms with van der Waals surface area (Å²) in [5, 5.41) is 2.00. The molecule has 0 heterocycles. The van der Waals surface area contributed by atoms with Crippen LogP contribution in [0.2, 0.25) is 0 Å². The molecular weight excluding hydrogens is 570 g/mol. The number of benzene rings is 1. The average Bonchev–Trinajstić information content (AvgIpc) is 2.15. The molecule has 0 spiro atoms. The highest BCUT2D eigenvalue weighted by Crippen LogP contribution is 2.28. The van der Waals surface area contributed by atoms with E-state index in [4.69, 9.17) is 11.6 Å². The number of hydrogen-bond donors (Lipinski definition) is 1. The van der Waals surface area contributed by atoms with E-state index in [2.05, 4.69) is 27.9 Å². The van der Waals surface area contributed by atoms with Gasteiger partial charge in [-0.15, -0.1) is 0 Å². The summed E-state index contributed by atoms with van der Waals surface area (Å²) in [6.45, 7) is 0. The first-order valence-corrected chi connectivity index (χ1v) is 7.61. The Morgan fingerprint density at radius 1 is 1.19 bits per heavy atom. The van der Waals surface area contributed by atoms with Gasteiger partial charge in [-0.1, -0.05) is 0 Å². The molecule has 0 saturated carbocycles. The summed E-state index contributed by atoms with van der Waals surface area (Å²) in [7, 11) is 1.55. The van der Waals surface area contributed by atoms with Gasteiger partial charge in [0.1, 0.15) is 0 Å². The Bertz CT molecular complexity index is 476. The second kappa shape index (κ2) is 6.14. The molecule has 16 heavy (non-hydrogen) atoms. The predicted molar refractivity (Wildman–Crippen MR) is 88.2 cm³/mol. The summed E-state index contributed by atoms with van der Waals surface area (Å²) in [4.78, 5) is 22.9. The molecule has 0 aromatic heterocycles. The molecule has 1 N–H and O–H groups in total. The van der Waals surface area contributed by atoms with Crippen molar-refractivity contribution in [1.29, 1.82) is 0 Å². The first-order chi connectivity index (χ1) is 7.40. The highest BCUT2D eigenvalue weighted by molar-refractivity contribution is 14.1. The van der Waals surface area contributed by atoms with Crippen LogP contribution >= 0.6 is 79.4 Å². The van der Waals surface area contributed by atoms with Gasteiger partial charge in [0.15, 0.2) is 0 Å². The van der Waals surface area contributed by atoms with Crippen LogP contribution in [0.5, 0.6) is 0 Å². The van der Waals surface area contributed by atoms with Gasteiger partial charge in [-0.05, 0) is 85.4 Å². The zero-order chi connectivity index (χ0) is 12.5. The molecule has 0 aliphatic heterocycles. The van der Waals surface area contributed by atoms with Crippen molar-refractivity contribution >= 4 is 90.5 Å². The zero-order valence-electron chi connectivity index (χ0n) is 7.91. The molecule has 0 unspecified atom stereocenters. The molecule has 0 aliphatic rings. The Hall–Kier alpha value is 0.840. The standard InChI is InChI=1S/C9H5ClI3NO2/c1-14-9(16)6-4(12)2-3(11)5(7(6)13)8(10)15/h2H,1H3,(H,14,16). The van der Waals surface area contributed by atoms with Gasteiger partial charge >= 0.3 is 0 Å². The van der Waals surface area contributed by atoms with E-state index in [0.717, 1.165) is 7.14 Å². The van der Waals surface area contributed by atoms with E-state index in [1.165, 1.54) is 0 Å². The number of nitrogens with one attached hydrogen (secondary N) is 1. The molecule has 1 rings (SSSR count). The molecule has 0 aliphatic carbocycles. The fourth-order valence-corrected chi connectivity index (χ4v) is 5.97. The second-order valence-electron chi connectivity index (χ2n) is 2.76. The lowest BCUT2D eigenvalue weighted by Crippen LogP contribution is -2.22. The van der Waals surface area contributed by atoms with Gasteiger partial charge in [-0.2, -0.15) is 0 Å². The van der Waals surface area contributed by atoms with Crippen LogP contribution in [0.25, 0.3) is 0 Å². The molecule has 0 bridgehead atoms. The van der Waals surface area contributed by atoms with E-state index in [9.17, 15) is 9.59 Å². The minimum absolute atomic E-state index is 0.218. The Labute approximate surface area is 138 Å². The highest BCUT2D eigenvalue weighted by atomic mass is 127. The van der Waals surface area contributed by atoms with Gasteiger partial charge in [0.25, 0.3) is 11.1 Å². The first kappa shape index (κ1) is 14.9. The minimum Gasteiger partial charge on any atom is -0.355 e. The molecular formula is C9H5ClI3NO2. The zero-order valence-corrected chi connectivity index (χ0v) is 15.1. The van der Waals surface area contributed by atoms with E-state index in [1.807, 2.05) is 45.2 Å². The third kappa shape index (κ3) is 2.99. The van der Waals surface area contributed by atoms with Crippen LogP contribution in [0.1, 0.15) is 20.7 Å². The SMILES string of the molecule is CNC(=O)c1c(I)cc(I)c(C(=O)Cl)c1I. The molecule has 0 saturated heterocycles. The third-order valence-electron chi connectivity index (χ3n) is 1.82. The van der Waals surface area contributed by atoms with Crippen LogP contribution in [0.3, 0.4) is 0 Å². The normalized spacial score (nSPS) is 10.1. The summed E-state index contributed by atoms with van der Waals surface area (Å²) in [5.74, 6) is -0.218. The maximum atomic E-state index is 11.7. The Kier molecular flexibility index (Phi) is 5.72. The van der Waals surface area contributed by atoms with E-state index in [-0.39, 0.29) is 5.91 Å². The number of halogens is 4. The predicted octanol–water partition coefficient (Wildman–Crippen LogP) is 3.24. The minimum atomic E-state index is -0.546. The molecule has 1 aromatic rings. The van der Waals surface area contributed by atoms with E-state index in [1.54, 1.807) is 13.1 Å². The van der Waals surface area contributed by atoms with Crippen LogP contribution in [0.15, 0.2) is 6.07 Å². The summed E-state index contributed by atoms with van der Waals surface area (Å²) < 4.78 is 2.14. The fraction of sp³-hybridized carbons (Fsp3) is 0.111. The van der Waals surface area contributed by atoms with Crippen LogP contribution in [0.4, 0.5) is 0 Å². The molecule has 0 atom stereocenters. The first-order valence-electron chi connectivity index (χ1n) is 3.99. The van der Waals surface area contributed by atoms with Crippen LogP contribution in [0, 0.1) is 10.7 Å². The largest absolute Gasteiger partial charge is 0.355 e. The lowest BCUT2D eigenvalue weighted by Gasteiger charge is -2.10. The Morgan fingerprint density at radius 2 is 1.69 bits per heavy atom. The fourth-order valence-electron chi connectivity index (χ4n) is 1.10. The van der Waals surface area contributed by atoms with Crippen molar-refractivity contribution in [3.8, 4) is 0 Å². The van der Waals surface area contributed by atoms with E-state index < -0.39 is 5.24 Å². The number of carbonyl (C=O) groups excluding carboxylic acids is 2. The number of carbonyl (C=O) groups is 2.